The molecule has 1 aromatic rings. The molecule has 0 radical (unpaired) electrons. The first-order valence-electron chi connectivity index (χ1n) is 7.50. The van der Waals surface area contributed by atoms with Crippen LogP contribution in [0.25, 0.3) is 0 Å². The van der Waals surface area contributed by atoms with E-state index < -0.39 is 0 Å². The van der Waals surface area contributed by atoms with E-state index in [2.05, 4.69) is 39.9 Å². The molecule has 1 aromatic carbocycles. The lowest BCUT2D eigenvalue weighted by Gasteiger charge is -2.20. The van der Waals surface area contributed by atoms with E-state index in [1.807, 2.05) is 6.07 Å². The van der Waals surface area contributed by atoms with Gasteiger partial charge in [0.1, 0.15) is 5.75 Å². The fraction of sp³-hybridized carbons (Fsp3) is 0.647. The van der Waals surface area contributed by atoms with E-state index in [4.69, 9.17) is 27.9 Å². The maximum absolute atomic E-state index is 6.29. The minimum Gasteiger partial charge on any atom is -0.492 e. The minimum absolute atomic E-state index is 0.245. The maximum Gasteiger partial charge on any atom is 0.142 e. The molecular weight excluding hydrogens is 305 g/mol. The van der Waals surface area contributed by atoms with Gasteiger partial charge in [-0.2, -0.15) is 0 Å². The maximum atomic E-state index is 6.29. The zero-order chi connectivity index (χ0) is 16.0. The van der Waals surface area contributed by atoms with Gasteiger partial charge in [0.2, 0.25) is 0 Å². The van der Waals surface area contributed by atoms with Crippen molar-refractivity contribution in [1.82, 2.24) is 5.32 Å². The van der Waals surface area contributed by atoms with Gasteiger partial charge in [-0.15, -0.1) is 0 Å². The largest absolute Gasteiger partial charge is 0.492 e. The van der Waals surface area contributed by atoms with Gasteiger partial charge in [-0.3, -0.25) is 0 Å². The van der Waals surface area contributed by atoms with Crippen molar-refractivity contribution < 1.29 is 4.74 Å². The Kier molecular flexibility index (Phi) is 7.32. The van der Waals surface area contributed by atoms with Crippen LogP contribution in [0.1, 0.15) is 46.6 Å². The summed E-state index contributed by atoms with van der Waals surface area (Å²) in [4.78, 5) is 0. The van der Waals surface area contributed by atoms with Crippen LogP contribution in [0.4, 0.5) is 0 Å². The first-order chi connectivity index (χ1) is 9.69. The molecule has 0 saturated heterocycles. The average molecular weight is 332 g/mol. The Hall–Kier alpha value is -0.440. The Labute approximate surface area is 139 Å². The molecule has 0 aliphatic heterocycles. The van der Waals surface area contributed by atoms with E-state index >= 15 is 0 Å². The highest BCUT2D eigenvalue weighted by Crippen LogP contribution is 2.33. The van der Waals surface area contributed by atoms with Crippen molar-refractivity contribution in [2.24, 2.45) is 11.3 Å². The standard InChI is InChI=1S/C17H27Cl2NO/c1-12(2)10-20-11-13-8-14(18)9-15(19)16(13)21-7-6-17(3,4)5/h8-9,12,20H,6-7,10-11H2,1-5H3. The van der Waals surface area contributed by atoms with Crippen LogP contribution in [0.5, 0.6) is 5.75 Å². The van der Waals surface area contributed by atoms with E-state index in [1.165, 1.54) is 0 Å². The normalized spacial score (nSPS) is 12.0. The van der Waals surface area contributed by atoms with Crippen molar-refractivity contribution in [2.45, 2.75) is 47.6 Å². The summed E-state index contributed by atoms with van der Waals surface area (Å²) in [5.41, 5.74) is 1.26. The molecule has 0 unspecified atom stereocenters. The van der Waals surface area contributed by atoms with Crippen molar-refractivity contribution in [2.75, 3.05) is 13.2 Å². The van der Waals surface area contributed by atoms with Crippen LogP contribution in [0.15, 0.2) is 12.1 Å². The SMILES string of the molecule is CC(C)CNCc1cc(Cl)cc(Cl)c1OCCC(C)(C)C. The number of hydrogen-bond donors (Lipinski definition) is 1. The van der Waals surface area contributed by atoms with Gasteiger partial charge in [-0.1, -0.05) is 57.8 Å². The molecule has 0 spiro atoms. The second kappa shape index (κ2) is 8.26. The van der Waals surface area contributed by atoms with Crippen LogP contribution in [0, 0.1) is 11.3 Å². The fourth-order valence-electron chi connectivity index (χ4n) is 1.86. The van der Waals surface area contributed by atoms with Crippen molar-refractivity contribution in [1.29, 1.82) is 0 Å². The molecule has 0 fully saturated rings. The smallest absolute Gasteiger partial charge is 0.142 e. The average Bonchev–Trinajstić information content (AvgIpc) is 2.30. The molecule has 2 nitrogen and oxygen atoms in total. The Morgan fingerprint density at radius 3 is 2.43 bits per heavy atom. The molecule has 0 aliphatic rings. The third-order valence-electron chi connectivity index (χ3n) is 3.05. The number of nitrogens with one attached hydrogen (secondary N) is 1. The monoisotopic (exact) mass is 331 g/mol. The highest BCUT2D eigenvalue weighted by molar-refractivity contribution is 6.35. The van der Waals surface area contributed by atoms with Crippen molar-refractivity contribution in [3.63, 3.8) is 0 Å². The molecule has 0 saturated carbocycles. The Morgan fingerprint density at radius 2 is 1.86 bits per heavy atom. The van der Waals surface area contributed by atoms with Gasteiger partial charge in [0.05, 0.1) is 11.6 Å². The predicted octanol–water partition coefficient (Wildman–Crippen LogP) is 5.55. The van der Waals surface area contributed by atoms with E-state index in [9.17, 15) is 0 Å². The molecule has 120 valence electrons. The van der Waals surface area contributed by atoms with Gasteiger partial charge in [-0.05, 0) is 36.4 Å². The van der Waals surface area contributed by atoms with Crippen molar-refractivity contribution >= 4 is 23.2 Å². The third-order valence-corrected chi connectivity index (χ3v) is 3.55. The van der Waals surface area contributed by atoms with Gasteiger partial charge < -0.3 is 10.1 Å². The van der Waals surface area contributed by atoms with Crippen LogP contribution >= 0.6 is 23.2 Å². The summed E-state index contributed by atoms with van der Waals surface area (Å²) in [5.74, 6) is 1.35. The Balaban J connectivity index is 2.75. The minimum atomic E-state index is 0.245. The van der Waals surface area contributed by atoms with Gasteiger partial charge in [0.25, 0.3) is 0 Å². The molecule has 0 atom stereocenters. The summed E-state index contributed by atoms with van der Waals surface area (Å²) in [5, 5.41) is 4.63. The summed E-state index contributed by atoms with van der Waals surface area (Å²) in [6.07, 6.45) is 0.977. The van der Waals surface area contributed by atoms with Crippen molar-refractivity contribution in [3.05, 3.63) is 27.7 Å². The fourth-order valence-corrected chi connectivity index (χ4v) is 2.45. The number of ether oxygens (including phenoxy) is 1. The molecule has 21 heavy (non-hydrogen) atoms. The lowest BCUT2D eigenvalue weighted by atomic mass is 9.93. The van der Waals surface area contributed by atoms with E-state index in [0.717, 1.165) is 24.3 Å². The van der Waals surface area contributed by atoms with Gasteiger partial charge in [0, 0.05) is 17.1 Å². The summed E-state index contributed by atoms with van der Waals surface area (Å²) in [6.45, 7) is 13.3. The number of rotatable bonds is 7. The second-order valence-electron chi connectivity index (χ2n) is 7.06. The number of hydrogen-bond acceptors (Lipinski definition) is 2. The molecule has 0 heterocycles. The summed E-state index contributed by atoms with van der Waals surface area (Å²) in [6, 6.07) is 3.66. The van der Waals surface area contributed by atoms with E-state index in [0.29, 0.717) is 29.1 Å². The Bertz CT molecular complexity index is 453. The zero-order valence-electron chi connectivity index (χ0n) is 13.7. The van der Waals surface area contributed by atoms with Gasteiger partial charge in [-0.25, -0.2) is 0 Å². The van der Waals surface area contributed by atoms with Crippen molar-refractivity contribution in [3.8, 4) is 5.75 Å². The first-order valence-corrected chi connectivity index (χ1v) is 8.26. The molecule has 4 heteroatoms. The van der Waals surface area contributed by atoms with Gasteiger partial charge >= 0.3 is 0 Å². The molecule has 1 rings (SSSR count). The highest BCUT2D eigenvalue weighted by atomic mass is 35.5. The third kappa shape index (κ3) is 7.39. The lowest BCUT2D eigenvalue weighted by molar-refractivity contribution is 0.241. The van der Waals surface area contributed by atoms with Crippen LogP contribution in [0.3, 0.4) is 0 Å². The quantitative estimate of drug-likeness (QED) is 0.706. The highest BCUT2D eigenvalue weighted by Gasteiger charge is 2.14. The first kappa shape index (κ1) is 18.6. The van der Waals surface area contributed by atoms with Crippen LogP contribution < -0.4 is 10.1 Å². The molecule has 0 aliphatic carbocycles. The van der Waals surface area contributed by atoms with E-state index in [-0.39, 0.29) is 5.41 Å². The molecule has 0 amide bonds. The number of halogens is 2. The Morgan fingerprint density at radius 1 is 1.19 bits per heavy atom. The number of benzene rings is 1. The summed E-state index contributed by atoms with van der Waals surface area (Å²) >= 11 is 12.4. The van der Waals surface area contributed by atoms with Gasteiger partial charge in [0.15, 0.2) is 0 Å². The van der Waals surface area contributed by atoms with Crippen LogP contribution in [-0.2, 0) is 6.54 Å². The molecule has 0 bridgehead atoms. The topological polar surface area (TPSA) is 21.3 Å². The van der Waals surface area contributed by atoms with Crippen LogP contribution in [-0.4, -0.2) is 13.2 Å². The summed E-state index contributed by atoms with van der Waals surface area (Å²) < 4.78 is 5.93. The van der Waals surface area contributed by atoms with E-state index in [1.54, 1.807) is 6.07 Å². The summed E-state index contributed by atoms with van der Waals surface area (Å²) in [7, 11) is 0. The van der Waals surface area contributed by atoms with Crippen LogP contribution in [0.2, 0.25) is 10.0 Å². The molecular formula is C17H27Cl2NO. The second-order valence-corrected chi connectivity index (χ2v) is 7.90. The zero-order valence-corrected chi connectivity index (χ0v) is 15.2. The molecule has 0 aromatic heterocycles. The molecule has 1 N–H and O–H groups in total. The predicted molar refractivity (Wildman–Crippen MR) is 92.6 cm³/mol. The lowest BCUT2D eigenvalue weighted by Crippen LogP contribution is -2.20.